The van der Waals surface area contributed by atoms with Crippen LogP contribution < -0.4 is 5.32 Å². The van der Waals surface area contributed by atoms with Crippen LogP contribution >= 0.6 is 11.6 Å². The normalized spacial score (nSPS) is 11.1. The molecule has 8 heteroatoms. The van der Waals surface area contributed by atoms with Gasteiger partial charge in [0, 0.05) is 38.0 Å². The molecular weight excluding hydrogens is 266 g/mol. The molecule has 0 amide bonds. The van der Waals surface area contributed by atoms with Crippen molar-refractivity contribution in [1.82, 2.24) is 29.4 Å². The second-order valence-corrected chi connectivity index (χ2v) is 4.45. The zero-order chi connectivity index (χ0) is 13.2. The second kappa shape index (κ2) is 4.85. The molecule has 0 aliphatic rings. The monoisotopic (exact) mass is 277 g/mol. The fourth-order valence-electron chi connectivity index (χ4n) is 1.87. The summed E-state index contributed by atoms with van der Waals surface area (Å²) < 4.78 is 3.47. The Kier molecular flexibility index (Phi) is 3.04. The first-order valence-electron chi connectivity index (χ1n) is 5.81. The number of aryl methyl sites for hydroxylation is 1. The first-order chi connectivity index (χ1) is 9.24. The van der Waals surface area contributed by atoms with Gasteiger partial charge in [0.25, 0.3) is 5.78 Å². The van der Waals surface area contributed by atoms with Gasteiger partial charge in [-0.15, -0.1) is 0 Å². The third kappa shape index (κ3) is 2.37. The Labute approximate surface area is 114 Å². The van der Waals surface area contributed by atoms with Crippen LogP contribution in [-0.2, 0) is 13.5 Å². The van der Waals surface area contributed by atoms with Crippen molar-refractivity contribution in [2.24, 2.45) is 7.05 Å². The summed E-state index contributed by atoms with van der Waals surface area (Å²) in [6.07, 6.45) is 4.09. The number of nitrogens with one attached hydrogen (secondary N) is 1. The lowest BCUT2D eigenvalue weighted by molar-refractivity contribution is 0.710. The quantitative estimate of drug-likeness (QED) is 0.725. The largest absolute Gasteiger partial charge is 0.369 e. The number of anilines is 1. The minimum absolute atomic E-state index is 0.392. The maximum absolute atomic E-state index is 5.94. The topological polar surface area (TPSA) is 72.9 Å². The second-order valence-electron chi connectivity index (χ2n) is 4.06. The van der Waals surface area contributed by atoms with E-state index in [2.05, 4.69) is 25.5 Å². The highest BCUT2D eigenvalue weighted by molar-refractivity contribution is 6.29. The average Bonchev–Trinajstić information content (AvgIpc) is 2.98. The average molecular weight is 278 g/mol. The number of halogens is 1. The van der Waals surface area contributed by atoms with Gasteiger partial charge in [-0.2, -0.15) is 24.7 Å². The predicted octanol–water partition coefficient (Wildman–Crippen LogP) is 1.17. The first kappa shape index (κ1) is 11.9. The molecular formula is C11H12ClN7. The summed E-state index contributed by atoms with van der Waals surface area (Å²) >= 11 is 5.94. The van der Waals surface area contributed by atoms with E-state index in [1.165, 1.54) is 6.33 Å². The number of hydrogen-bond acceptors (Lipinski definition) is 5. The van der Waals surface area contributed by atoms with E-state index in [0.717, 1.165) is 24.5 Å². The molecule has 0 unspecified atom stereocenters. The van der Waals surface area contributed by atoms with Crippen LogP contribution in [0, 0.1) is 0 Å². The number of fused-ring (bicyclic) bond motifs is 1. The highest BCUT2D eigenvalue weighted by Crippen LogP contribution is 2.14. The van der Waals surface area contributed by atoms with E-state index in [0.29, 0.717) is 10.9 Å². The molecule has 0 aliphatic heterocycles. The van der Waals surface area contributed by atoms with Crippen LogP contribution in [0.15, 0.2) is 24.7 Å². The van der Waals surface area contributed by atoms with Gasteiger partial charge in [-0.05, 0) is 6.07 Å². The Balaban J connectivity index is 1.75. The molecule has 7 nitrogen and oxygen atoms in total. The fraction of sp³-hybridized carbons (Fsp3) is 0.273. The highest BCUT2D eigenvalue weighted by Gasteiger charge is 2.06. The molecule has 19 heavy (non-hydrogen) atoms. The molecule has 0 aromatic carbocycles. The van der Waals surface area contributed by atoms with Crippen LogP contribution in [0.5, 0.6) is 0 Å². The van der Waals surface area contributed by atoms with E-state index in [1.54, 1.807) is 16.8 Å². The third-order valence-corrected chi connectivity index (χ3v) is 3.02. The standard InChI is InChI=1S/C11H12ClN7/c1-18-8(3-5-15-18)2-4-13-10-6-9(12)17-11-14-7-16-19(10)11/h3,5-7,13H,2,4H2,1H3. The maximum atomic E-state index is 5.94. The van der Waals surface area contributed by atoms with E-state index >= 15 is 0 Å². The van der Waals surface area contributed by atoms with Crippen molar-refractivity contribution in [1.29, 1.82) is 0 Å². The minimum atomic E-state index is 0.392. The highest BCUT2D eigenvalue weighted by atomic mass is 35.5. The molecule has 3 aromatic heterocycles. The third-order valence-electron chi connectivity index (χ3n) is 2.83. The molecule has 0 radical (unpaired) electrons. The maximum Gasteiger partial charge on any atom is 0.255 e. The number of aromatic nitrogens is 6. The number of nitrogens with zero attached hydrogens (tertiary/aromatic N) is 6. The van der Waals surface area contributed by atoms with Crippen molar-refractivity contribution in [3.8, 4) is 0 Å². The summed E-state index contributed by atoms with van der Waals surface area (Å²) in [5.74, 6) is 1.25. The molecule has 0 saturated carbocycles. The van der Waals surface area contributed by atoms with E-state index in [1.807, 2.05) is 17.8 Å². The fourth-order valence-corrected chi connectivity index (χ4v) is 2.05. The SMILES string of the molecule is Cn1nccc1CCNc1cc(Cl)nc2ncnn12. The van der Waals surface area contributed by atoms with Gasteiger partial charge in [-0.1, -0.05) is 11.6 Å². The van der Waals surface area contributed by atoms with Crippen molar-refractivity contribution in [3.05, 3.63) is 35.5 Å². The van der Waals surface area contributed by atoms with Gasteiger partial charge in [0.15, 0.2) is 0 Å². The molecule has 3 rings (SSSR count). The van der Waals surface area contributed by atoms with E-state index < -0.39 is 0 Å². The smallest absolute Gasteiger partial charge is 0.255 e. The van der Waals surface area contributed by atoms with Gasteiger partial charge >= 0.3 is 0 Å². The molecule has 1 N–H and O–H groups in total. The Bertz CT molecular complexity index is 702. The van der Waals surface area contributed by atoms with Gasteiger partial charge in [0.05, 0.1) is 0 Å². The molecule has 0 fully saturated rings. The predicted molar refractivity (Wildman–Crippen MR) is 71.2 cm³/mol. The zero-order valence-corrected chi connectivity index (χ0v) is 11.0. The summed E-state index contributed by atoms with van der Waals surface area (Å²) in [5.41, 5.74) is 1.16. The van der Waals surface area contributed by atoms with Crippen LogP contribution in [-0.4, -0.2) is 35.9 Å². The van der Waals surface area contributed by atoms with E-state index in [-0.39, 0.29) is 0 Å². The Morgan fingerprint density at radius 1 is 1.37 bits per heavy atom. The number of hydrogen-bond donors (Lipinski definition) is 1. The van der Waals surface area contributed by atoms with Crippen LogP contribution in [0.2, 0.25) is 5.15 Å². The molecule has 0 aliphatic carbocycles. The molecule has 3 aromatic rings. The molecule has 0 atom stereocenters. The van der Waals surface area contributed by atoms with Crippen molar-refractivity contribution in [2.45, 2.75) is 6.42 Å². The minimum Gasteiger partial charge on any atom is -0.369 e. The Morgan fingerprint density at radius 2 is 2.26 bits per heavy atom. The summed E-state index contributed by atoms with van der Waals surface area (Å²) in [5, 5.41) is 11.9. The summed E-state index contributed by atoms with van der Waals surface area (Å²) in [6.45, 7) is 0.745. The van der Waals surface area contributed by atoms with Crippen LogP contribution in [0.1, 0.15) is 5.69 Å². The van der Waals surface area contributed by atoms with Gasteiger partial charge in [-0.3, -0.25) is 4.68 Å². The van der Waals surface area contributed by atoms with Crippen LogP contribution in [0.4, 0.5) is 5.82 Å². The lowest BCUT2D eigenvalue weighted by Crippen LogP contribution is -2.11. The van der Waals surface area contributed by atoms with Crippen molar-refractivity contribution < 1.29 is 0 Å². The van der Waals surface area contributed by atoms with Gasteiger partial charge in [0.2, 0.25) is 0 Å². The van der Waals surface area contributed by atoms with Crippen LogP contribution in [0.25, 0.3) is 5.78 Å². The summed E-state index contributed by atoms with van der Waals surface area (Å²) in [4.78, 5) is 8.08. The first-order valence-corrected chi connectivity index (χ1v) is 6.19. The molecule has 0 spiro atoms. The Hall–Kier alpha value is -2.15. The summed E-state index contributed by atoms with van der Waals surface area (Å²) in [6, 6.07) is 3.72. The van der Waals surface area contributed by atoms with Gasteiger partial charge in [0.1, 0.15) is 17.3 Å². The van der Waals surface area contributed by atoms with Crippen LogP contribution in [0.3, 0.4) is 0 Å². The molecule has 0 bridgehead atoms. The lowest BCUT2D eigenvalue weighted by Gasteiger charge is -2.08. The number of rotatable bonds is 4. The summed E-state index contributed by atoms with van der Waals surface area (Å²) in [7, 11) is 1.92. The van der Waals surface area contributed by atoms with Gasteiger partial charge in [-0.25, -0.2) is 0 Å². The van der Waals surface area contributed by atoms with Crippen molar-refractivity contribution in [2.75, 3.05) is 11.9 Å². The Morgan fingerprint density at radius 3 is 3.05 bits per heavy atom. The molecule has 3 heterocycles. The van der Waals surface area contributed by atoms with Crippen molar-refractivity contribution >= 4 is 23.2 Å². The van der Waals surface area contributed by atoms with E-state index in [9.17, 15) is 0 Å². The zero-order valence-electron chi connectivity index (χ0n) is 10.3. The van der Waals surface area contributed by atoms with Gasteiger partial charge < -0.3 is 5.32 Å². The molecule has 0 saturated heterocycles. The van der Waals surface area contributed by atoms with Crippen molar-refractivity contribution in [3.63, 3.8) is 0 Å². The molecule has 98 valence electrons. The lowest BCUT2D eigenvalue weighted by atomic mass is 10.3. The van der Waals surface area contributed by atoms with E-state index in [4.69, 9.17) is 11.6 Å².